The van der Waals surface area contributed by atoms with Gasteiger partial charge in [-0.15, -0.1) is 0 Å². The molecule has 18 heavy (non-hydrogen) atoms. The zero-order valence-corrected chi connectivity index (χ0v) is 11.4. The fourth-order valence-electron chi connectivity index (χ4n) is 2.00. The van der Waals surface area contributed by atoms with Crippen molar-refractivity contribution in [1.82, 2.24) is 9.88 Å². The SMILES string of the molecule is CC1CCN(C(=O)CSc2ncccc2N)CC1. The van der Waals surface area contributed by atoms with Crippen molar-refractivity contribution >= 4 is 23.4 Å². The highest BCUT2D eigenvalue weighted by atomic mass is 32.2. The first kappa shape index (κ1) is 13.2. The average molecular weight is 265 g/mol. The lowest BCUT2D eigenvalue weighted by molar-refractivity contribution is -0.129. The molecule has 0 aromatic carbocycles. The molecule has 1 aliphatic rings. The van der Waals surface area contributed by atoms with E-state index >= 15 is 0 Å². The highest BCUT2D eigenvalue weighted by Gasteiger charge is 2.20. The van der Waals surface area contributed by atoms with E-state index in [0.29, 0.717) is 11.4 Å². The monoisotopic (exact) mass is 265 g/mol. The minimum atomic E-state index is 0.192. The predicted octanol–water partition coefficient (Wildman–Crippen LogP) is 2.01. The van der Waals surface area contributed by atoms with Gasteiger partial charge in [-0.25, -0.2) is 4.98 Å². The Balaban J connectivity index is 1.83. The Bertz CT molecular complexity index is 416. The third-order valence-electron chi connectivity index (χ3n) is 3.27. The Morgan fingerprint density at radius 1 is 1.56 bits per heavy atom. The summed E-state index contributed by atoms with van der Waals surface area (Å²) in [4.78, 5) is 18.2. The maximum atomic E-state index is 12.0. The molecule has 2 rings (SSSR count). The van der Waals surface area contributed by atoms with E-state index in [0.717, 1.165) is 36.9 Å². The van der Waals surface area contributed by atoms with Crippen LogP contribution < -0.4 is 5.73 Å². The number of aromatic nitrogens is 1. The second-order valence-corrected chi connectivity index (χ2v) is 5.71. The van der Waals surface area contributed by atoms with E-state index in [9.17, 15) is 4.79 Å². The minimum Gasteiger partial charge on any atom is -0.397 e. The van der Waals surface area contributed by atoms with Crippen molar-refractivity contribution in [3.63, 3.8) is 0 Å². The summed E-state index contributed by atoms with van der Waals surface area (Å²) in [6, 6.07) is 3.61. The van der Waals surface area contributed by atoms with E-state index in [-0.39, 0.29) is 5.91 Å². The second-order valence-electron chi connectivity index (χ2n) is 4.75. The summed E-state index contributed by atoms with van der Waals surface area (Å²) in [6.45, 7) is 4.02. The van der Waals surface area contributed by atoms with Crippen molar-refractivity contribution in [2.24, 2.45) is 5.92 Å². The number of nitrogens with zero attached hydrogens (tertiary/aromatic N) is 2. The molecule has 0 saturated carbocycles. The van der Waals surface area contributed by atoms with Gasteiger partial charge in [0.25, 0.3) is 0 Å². The highest BCUT2D eigenvalue weighted by molar-refractivity contribution is 8.00. The molecule has 4 nitrogen and oxygen atoms in total. The molecule has 1 saturated heterocycles. The Morgan fingerprint density at radius 2 is 2.28 bits per heavy atom. The van der Waals surface area contributed by atoms with Crippen LogP contribution in [0.5, 0.6) is 0 Å². The van der Waals surface area contributed by atoms with Gasteiger partial charge in [0.2, 0.25) is 5.91 Å². The van der Waals surface area contributed by atoms with Crippen molar-refractivity contribution in [2.45, 2.75) is 24.8 Å². The molecule has 2 N–H and O–H groups in total. The molecule has 0 bridgehead atoms. The van der Waals surface area contributed by atoms with Crippen LogP contribution in [0.25, 0.3) is 0 Å². The topological polar surface area (TPSA) is 59.2 Å². The van der Waals surface area contributed by atoms with Gasteiger partial charge in [0.15, 0.2) is 0 Å². The zero-order chi connectivity index (χ0) is 13.0. The van der Waals surface area contributed by atoms with Gasteiger partial charge in [-0.3, -0.25) is 4.79 Å². The van der Waals surface area contributed by atoms with Crippen LogP contribution in [0.1, 0.15) is 19.8 Å². The first-order valence-electron chi connectivity index (χ1n) is 6.28. The van der Waals surface area contributed by atoms with Crippen LogP contribution in [0.2, 0.25) is 0 Å². The Kier molecular flexibility index (Phi) is 4.47. The fourth-order valence-corrected chi connectivity index (χ4v) is 2.82. The molecule has 98 valence electrons. The number of rotatable bonds is 3. The van der Waals surface area contributed by atoms with E-state index in [1.54, 1.807) is 12.3 Å². The summed E-state index contributed by atoms with van der Waals surface area (Å²) in [5.74, 6) is 1.36. The third kappa shape index (κ3) is 3.38. The van der Waals surface area contributed by atoms with E-state index in [4.69, 9.17) is 5.73 Å². The number of piperidine rings is 1. The zero-order valence-electron chi connectivity index (χ0n) is 10.6. The Morgan fingerprint density at radius 3 is 2.94 bits per heavy atom. The lowest BCUT2D eigenvalue weighted by Gasteiger charge is -2.30. The quantitative estimate of drug-likeness (QED) is 0.849. The van der Waals surface area contributed by atoms with E-state index in [1.165, 1.54) is 11.8 Å². The first-order chi connectivity index (χ1) is 8.66. The summed E-state index contributed by atoms with van der Waals surface area (Å²) in [5.41, 5.74) is 6.44. The number of anilines is 1. The number of nitrogen functional groups attached to an aromatic ring is 1. The largest absolute Gasteiger partial charge is 0.397 e. The van der Waals surface area contributed by atoms with Gasteiger partial charge in [0, 0.05) is 19.3 Å². The maximum Gasteiger partial charge on any atom is 0.232 e. The molecule has 1 fully saturated rings. The number of hydrogen-bond donors (Lipinski definition) is 1. The van der Waals surface area contributed by atoms with Crippen LogP contribution in [0.15, 0.2) is 23.4 Å². The number of pyridine rings is 1. The predicted molar refractivity (Wildman–Crippen MR) is 74.4 cm³/mol. The van der Waals surface area contributed by atoms with Crippen LogP contribution in [0.3, 0.4) is 0 Å². The summed E-state index contributed by atoms with van der Waals surface area (Å²) >= 11 is 1.42. The minimum absolute atomic E-state index is 0.192. The smallest absolute Gasteiger partial charge is 0.232 e. The van der Waals surface area contributed by atoms with E-state index in [2.05, 4.69) is 11.9 Å². The average Bonchev–Trinajstić information content (AvgIpc) is 2.38. The van der Waals surface area contributed by atoms with Gasteiger partial charge in [-0.2, -0.15) is 0 Å². The fraction of sp³-hybridized carbons (Fsp3) is 0.538. The Labute approximate surface area is 112 Å². The molecule has 0 spiro atoms. The van der Waals surface area contributed by atoms with Gasteiger partial charge >= 0.3 is 0 Å². The number of thioether (sulfide) groups is 1. The van der Waals surface area contributed by atoms with Crippen molar-refractivity contribution in [3.8, 4) is 0 Å². The molecular formula is C13H19N3OS. The molecule has 0 aliphatic carbocycles. The van der Waals surface area contributed by atoms with Gasteiger partial charge < -0.3 is 10.6 Å². The maximum absolute atomic E-state index is 12.0. The van der Waals surface area contributed by atoms with Gasteiger partial charge in [0.05, 0.1) is 11.4 Å². The van der Waals surface area contributed by atoms with Crippen LogP contribution in [-0.2, 0) is 4.79 Å². The standard InChI is InChI=1S/C13H19N3OS/c1-10-4-7-16(8-5-10)12(17)9-18-13-11(14)3-2-6-15-13/h2-3,6,10H,4-5,7-9,14H2,1H3. The molecule has 0 radical (unpaired) electrons. The summed E-state index contributed by atoms with van der Waals surface area (Å²) in [7, 11) is 0. The van der Waals surface area contributed by atoms with Crippen molar-refractivity contribution in [1.29, 1.82) is 0 Å². The molecule has 0 atom stereocenters. The molecule has 0 unspecified atom stereocenters. The lowest BCUT2D eigenvalue weighted by Crippen LogP contribution is -2.38. The van der Waals surface area contributed by atoms with Crippen molar-refractivity contribution in [3.05, 3.63) is 18.3 Å². The van der Waals surface area contributed by atoms with Crippen LogP contribution in [-0.4, -0.2) is 34.6 Å². The number of likely N-dealkylation sites (tertiary alicyclic amines) is 1. The molecule has 1 aromatic rings. The van der Waals surface area contributed by atoms with Crippen LogP contribution in [0, 0.1) is 5.92 Å². The van der Waals surface area contributed by atoms with Crippen LogP contribution in [0.4, 0.5) is 5.69 Å². The number of hydrogen-bond acceptors (Lipinski definition) is 4. The number of carbonyl (C=O) groups is 1. The molecular weight excluding hydrogens is 246 g/mol. The molecule has 1 amide bonds. The second kappa shape index (κ2) is 6.09. The van der Waals surface area contributed by atoms with Gasteiger partial charge in [0.1, 0.15) is 5.03 Å². The van der Waals surface area contributed by atoms with Gasteiger partial charge in [-0.1, -0.05) is 18.7 Å². The molecule has 1 aromatic heterocycles. The summed E-state index contributed by atoms with van der Waals surface area (Å²) in [6.07, 6.45) is 3.93. The third-order valence-corrected chi connectivity index (χ3v) is 4.28. The first-order valence-corrected chi connectivity index (χ1v) is 7.26. The van der Waals surface area contributed by atoms with Gasteiger partial charge in [-0.05, 0) is 30.9 Å². The molecule has 5 heteroatoms. The highest BCUT2D eigenvalue weighted by Crippen LogP contribution is 2.23. The lowest BCUT2D eigenvalue weighted by atomic mass is 9.99. The van der Waals surface area contributed by atoms with E-state index < -0.39 is 0 Å². The Hall–Kier alpha value is -1.23. The molecule has 2 heterocycles. The van der Waals surface area contributed by atoms with Crippen molar-refractivity contribution < 1.29 is 4.79 Å². The van der Waals surface area contributed by atoms with E-state index in [1.807, 2.05) is 11.0 Å². The number of nitrogens with two attached hydrogens (primary N) is 1. The number of carbonyl (C=O) groups excluding carboxylic acids is 1. The summed E-state index contributed by atoms with van der Waals surface area (Å²) < 4.78 is 0. The summed E-state index contributed by atoms with van der Waals surface area (Å²) in [5, 5.41) is 0.747. The number of amides is 1. The molecule has 1 aliphatic heterocycles. The normalized spacial score (nSPS) is 16.8. The van der Waals surface area contributed by atoms with Crippen LogP contribution >= 0.6 is 11.8 Å². The van der Waals surface area contributed by atoms with Crippen molar-refractivity contribution in [2.75, 3.05) is 24.6 Å².